The first-order valence-electron chi connectivity index (χ1n) is 11.6. The number of rotatable bonds is 12. The summed E-state index contributed by atoms with van der Waals surface area (Å²) >= 11 is 0. The Bertz CT molecular complexity index is 884. The van der Waals surface area contributed by atoms with Crippen LogP contribution in [0, 0.1) is 0 Å². The van der Waals surface area contributed by atoms with Crippen LogP contribution >= 0.6 is 24.8 Å². The van der Waals surface area contributed by atoms with Crippen molar-refractivity contribution in [3.05, 3.63) is 58.7 Å². The fourth-order valence-electron chi connectivity index (χ4n) is 4.05. The van der Waals surface area contributed by atoms with E-state index in [1.807, 2.05) is 0 Å². The molecule has 6 nitrogen and oxygen atoms in total. The molecule has 1 aliphatic rings. The molecule has 8 heteroatoms. The number of fused-ring (bicyclic) bond motifs is 2. The van der Waals surface area contributed by atoms with Crippen molar-refractivity contribution in [2.24, 2.45) is 0 Å². The standard InChI is InChI=1S/C26H34N2O4.2ClH/c1-5-27(6-2)15-17-31-21-13-14-22(32-18-16-28(7-3)8-4)24-23(21)25(29)19-11-9-10-12-20(19)26(24)30;;/h9-14H,5-8,15-18H2,1-4H3;2*1H. The molecule has 3 rings (SSSR count). The van der Waals surface area contributed by atoms with E-state index in [0.29, 0.717) is 47.0 Å². The normalized spacial score (nSPS) is 12.1. The van der Waals surface area contributed by atoms with Gasteiger partial charge in [0.05, 0.1) is 11.1 Å². The van der Waals surface area contributed by atoms with Crippen LogP contribution in [0.1, 0.15) is 59.5 Å². The number of carbonyl (C=O) groups is 2. The summed E-state index contributed by atoms with van der Waals surface area (Å²) in [6, 6.07) is 10.5. The molecular weight excluding hydrogens is 475 g/mol. The molecule has 0 heterocycles. The topological polar surface area (TPSA) is 59.1 Å². The maximum atomic E-state index is 13.4. The van der Waals surface area contributed by atoms with Crippen LogP contribution in [0.15, 0.2) is 36.4 Å². The van der Waals surface area contributed by atoms with Gasteiger partial charge in [-0.15, -0.1) is 24.8 Å². The Hall–Kier alpha value is -2.12. The minimum atomic E-state index is -0.192. The summed E-state index contributed by atoms with van der Waals surface area (Å²) in [7, 11) is 0. The van der Waals surface area contributed by atoms with Crippen molar-refractivity contribution in [2.75, 3.05) is 52.5 Å². The lowest BCUT2D eigenvalue weighted by atomic mass is 9.83. The van der Waals surface area contributed by atoms with E-state index in [1.165, 1.54) is 0 Å². The number of ether oxygens (including phenoxy) is 2. The third kappa shape index (κ3) is 6.51. The first-order chi connectivity index (χ1) is 15.5. The molecular formula is C26H36Cl2N2O4. The molecule has 0 unspecified atom stereocenters. The molecule has 0 radical (unpaired) electrons. The Labute approximate surface area is 215 Å². The predicted octanol–water partition coefficient (Wildman–Crippen LogP) is 4.75. The Morgan fingerprint density at radius 2 is 0.971 bits per heavy atom. The molecule has 0 spiro atoms. The number of likely N-dealkylation sites (N-methyl/N-ethyl adjacent to an activating group) is 2. The van der Waals surface area contributed by atoms with Crippen LogP contribution in [0.2, 0.25) is 0 Å². The van der Waals surface area contributed by atoms with Crippen molar-refractivity contribution < 1.29 is 19.1 Å². The van der Waals surface area contributed by atoms with Gasteiger partial charge in [0.2, 0.25) is 0 Å². The van der Waals surface area contributed by atoms with E-state index in [4.69, 9.17) is 9.47 Å². The lowest BCUT2D eigenvalue weighted by molar-refractivity contribution is 0.0970. The van der Waals surface area contributed by atoms with Crippen LogP contribution in [0.25, 0.3) is 0 Å². The zero-order valence-electron chi connectivity index (χ0n) is 20.5. The Balaban J connectivity index is 0.00000289. The number of nitrogens with zero attached hydrogens (tertiary/aromatic N) is 2. The molecule has 0 saturated heterocycles. The van der Waals surface area contributed by atoms with Gasteiger partial charge in [0, 0.05) is 24.2 Å². The highest BCUT2D eigenvalue weighted by atomic mass is 35.5. The monoisotopic (exact) mass is 510 g/mol. The van der Waals surface area contributed by atoms with Gasteiger partial charge in [0.25, 0.3) is 0 Å². The fourth-order valence-corrected chi connectivity index (χ4v) is 4.05. The summed E-state index contributed by atoms with van der Waals surface area (Å²) in [5.74, 6) is 0.497. The maximum Gasteiger partial charge on any atom is 0.198 e. The molecule has 0 saturated carbocycles. The molecule has 0 atom stereocenters. The van der Waals surface area contributed by atoms with Gasteiger partial charge in [-0.05, 0) is 38.3 Å². The van der Waals surface area contributed by atoms with E-state index in [0.717, 1.165) is 39.3 Å². The highest BCUT2D eigenvalue weighted by Gasteiger charge is 2.35. The summed E-state index contributed by atoms with van der Waals surface area (Å²) in [4.78, 5) is 31.3. The third-order valence-electron chi connectivity index (χ3n) is 6.12. The highest BCUT2D eigenvalue weighted by Crippen LogP contribution is 2.38. The van der Waals surface area contributed by atoms with Crippen LogP contribution in [0.5, 0.6) is 11.5 Å². The van der Waals surface area contributed by atoms with Gasteiger partial charge < -0.3 is 19.3 Å². The lowest BCUT2D eigenvalue weighted by Gasteiger charge is -2.24. The molecule has 188 valence electrons. The molecule has 0 bridgehead atoms. The third-order valence-corrected chi connectivity index (χ3v) is 6.12. The number of hydrogen-bond acceptors (Lipinski definition) is 6. The average Bonchev–Trinajstić information content (AvgIpc) is 2.83. The van der Waals surface area contributed by atoms with Gasteiger partial charge in [0.1, 0.15) is 24.7 Å². The van der Waals surface area contributed by atoms with E-state index < -0.39 is 0 Å². The number of hydrogen-bond donors (Lipinski definition) is 0. The summed E-state index contributed by atoms with van der Waals surface area (Å²) in [5.41, 5.74) is 1.46. The van der Waals surface area contributed by atoms with Crippen LogP contribution in [0.4, 0.5) is 0 Å². The average molecular weight is 511 g/mol. The second-order valence-electron chi connectivity index (χ2n) is 7.77. The zero-order chi connectivity index (χ0) is 23.1. The van der Waals surface area contributed by atoms with E-state index >= 15 is 0 Å². The molecule has 0 fully saturated rings. The van der Waals surface area contributed by atoms with Crippen LogP contribution < -0.4 is 9.47 Å². The Kier molecular flexibility index (Phi) is 12.6. The first-order valence-corrected chi connectivity index (χ1v) is 11.6. The number of carbonyl (C=O) groups excluding carboxylic acids is 2. The maximum absolute atomic E-state index is 13.4. The molecule has 2 aromatic rings. The molecule has 34 heavy (non-hydrogen) atoms. The molecule has 0 aromatic heterocycles. The Morgan fingerprint density at radius 3 is 1.29 bits per heavy atom. The Morgan fingerprint density at radius 1 is 0.618 bits per heavy atom. The predicted molar refractivity (Wildman–Crippen MR) is 141 cm³/mol. The lowest BCUT2D eigenvalue weighted by Crippen LogP contribution is -2.29. The summed E-state index contributed by atoms with van der Waals surface area (Å²) in [6.07, 6.45) is 0. The van der Waals surface area contributed by atoms with Crippen molar-refractivity contribution >= 4 is 36.4 Å². The zero-order valence-corrected chi connectivity index (χ0v) is 22.1. The SMILES string of the molecule is CCN(CC)CCOc1ccc(OCCN(CC)CC)c2c1C(=O)c1ccccc1C2=O.Cl.Cl. The number of ketones is 2. The first kappa shape index (κ1) is 29.9. The van der Waals surface area contributed by atoms with Crippen molar-refractivity contribution in [3.8, 4) is 11.5 Å². The van der Waals surface area contributed by atoms with E-state index in [1.54, 1.807) is 36.4 Å². The van der Waals surface area contributed by atoms with E-state index in [9.17, 15) is 9.59 Å². The number of benzene rings is 2. The van der Waals surface area contributed by atoms with Gasteiger partial charge in [-0.2, -0.15) is 0 Å². The smallest absolute Gasteiger partial charge is 0.198 e. The quantitative estimate of drug-likeness (QED) is 0.350. The second kappa shape index (κ2) is 14.3. The van der Waals surface area contributed by atoms with E-state index in [-0.39, 0.29) is 36.4 Å². The fraction of sp³-hybridized carbons (Fsp3) is 0.462. The summed E-state index contributed by atoms with van der Waals surface area (Å²) in [6.45, 7) is 14.5. The van der Waals surface area contributed by atoms with Gasteiger partial charge in [0.15, 0.2) is 11.6 Å². The minimum Gasteiger partial charge on any atom is -0.491 e. The number of halogens is 2. The van der Waals surface area contributed by atoms with Gasteiger partial charge in [-0.1, -0.05) is 52.0 Å². The van der Waals surface area contributed by atoms with Gasteiger partial charge >= 0.3 is 0 Å². The molecule has 0 amide bonds. The van der Waals surface area contributed by atoms with Gasteiger partial charge in [-0.3, -0.25) is 9.59 Å². The molecule has 0 aliphatic heterocycles. The van der Waals surface area contributed by atoms with Crippen LogP contribution in [-0.2, 0) is 0 Å². The van der Waals surface area contributed by atoms with Gasteiger partial charge in [-0.25, -0.2) is 0 Å². The molecule has 2 aromatic carbocycles. The molecule has 0 N–H and O–H groups in total. The van der Waals surface area contributed by atoms with Crippen molar-refractivity contribution in [1.82, 2.24) is 9.80 Å². The highest BCUT2D eigenvalue weighted by molar-refractivity contribution is 6.30. The largest absolute Gasteiger partial charge is 0.491 e. The second-order valence-corrected chi connectivity index (χ2v) is 7.77. The van der Waals surface area contributed by atoms with Crippen molar-refractivity contribution in [2.45, 2.75) is 27.7 Å². The summed E-state index contributed by atoms with van der Waals surface area (Å²) < 4.78 is 12.1. The van der Waals surface area contributed by atoms with E-state index in [2.05, 4.69) is 37.5 Å². The van der Waals surface area contributed by atoms with Crippen LogP contribution in [-0.4, -0.2) is 73.8 Å². The minimum absolute atomic E-state index is 0. The van der Waals surface area contributed by atoms with Crippen molar-refractivity contribution in [1.29, 1.82) is 0 Å². The molecule has 1 aliphatic carbocycles. The van der Waals surface area contributed by atoms with Crippen LogP contribution in [0.3, 0.4) is 0 Å². The summed E-state index contributed by atoms with van der Waals surface area (Å²) in [5, 5.41) is 0. The van der Waals surface area contributed by atoms with Crippen molar-refractivity contribution in [3.63, 3.8) is 0 Å².